The molecule has 0 saturated carbocycles. The summed E-state index contributed by atoms with van der Waals surface area (Å²) >= 11 is 0. The molecule has 1 aliphatic rings. The van der Waals surface area contributed by atoms with Crippen LogP contribution >= 0.6 is 0 Å². The molecule has 0 aromatic carbocycles. The average molecular weight is 327 g/mol. The minimum Gasteiger partial charge on any atom is -0.356 e. The van der Waals surface area contributed by atoms with Crippen LogP contribution in [0.1, 0.15) is 33.1 Å². The van der Waals surface area contributed by atoms with E-state index in [-0.39, 0.29) is 11.8 Å². The molecule has 0 bridgehead atoms. The number of nitrogens with one attached hydrogen (secondary N) is 1. The van der Waals surface area contributed by atoms with Gasteiger partial charge in [0.15, 0.2) is 5.65 Å². The molecule has 6 heteroatoms. The van der Waals surface area contributed by atoms with E-state index in [1.165, 1.54) is 0 Å². The molecule has 0 atom stereocenters. The standard InChI is InChI=1S/C18H25N5O/c1-13(2)5-8-21-18(24)14-6-11-23(12-7-14)16-4-3-15-17(22-16)20-10-9-19-15/h3-4,9-10,13-14H,5-8,11-12H2,1-2H3,(H,21,24). The van der Waals surface area contributed by atoms with Crippen LogP contribution in [0.3, 0.4) is 0 Å². The molecule has 2 aromatic rings. The third-order valence-electron chi connectivity index (χ3n) is 4.53. The van der Waals surface area contributed by atoms with Crippen LogP contribution < -0.4 is 10.2 Å². The van der Waals surface area contributed by atoms with E-state index in [0.717, 1.165) is 50.2 Å². The molecule has 1 amide bonds. The maximum absolute atomic E-state index is 12.2. The van der Waals surface area contributed by atoms with Crippen molar-refractivity contribution in [3.05, 3.63) is 24.5 Å². The first kappa shape index (κ1) is 16.6. The summed E-state index contributed by atoms with van der Waals surface area (Å²) in [5, 5.41) is 3.07. The van der Waals surface area contributed by atoms with E-state index >= 15 is 0 Å². The minimum atomic E-state index is 0.119. The van der Waals surface area contributed by atoms with Crippen LogP contribution in [0, 0.1) is 11.8 Å². The van der Waals surface area contributed by atoms with Crippen molar-refractivity contribution in [2.75, 3.05) is 24.5 Å². The number of nitrogens with zero attached hydrogens (tertiary/aromatic N) is 4. The predicted molar refractivity (Wildman–Crippen MR) is 94.7 cm³/mol. The molecule has 1 aliphatic heterocycles. The average Bonchev–Trinajstić information content (AvgIpc) is 2.61. The predicted octanol–water partition coefficient (Wildman–Crippen LogP) is 2.40. The summed E-state index contributed by atoms with van der Waals surface area (Å²) in [6, 6.07) is 3.94. The highest BCUT2D eigenvalue weighted by Crippen LogP contribution is 2.23. The van der Waals surface area contributed by atoms with Crippen LogP contribution in [0.15, 0.2) is 24.5 Å². The van der Waals surface area contributed by atoms with Crippen molar-refractivity contribution in [1.82, 2.24) is 20.3 Å². The minimum absolute atomic E-state index is 0.119. The number of carbonyl (C=O) groups is 1. The van der Waals surface area contributed by atoms with Gasteiger partial charge in [0, 0.05) is 37.9 Å². The summed E-state index contributed by atoms with van der Waals surface area (Å²) in [6.07, 6.45) is 6.11. The zero-order valence-corrected chi connectivity index (χ0v) is 14.4. The lowest BCUT2D eigenvalue weighted by Gasteiger charge is -2.32. The quantitative estimate of drug-likeness (QED) is 0.913. The topological polar surface area (TPSA) is 71.0 Å². The van der Waals surface area contributed by atoms with E-state index in [4.69, 9.17) is 0 Å². The zero-order valence-electron chi connectivity index (χ0n) is 14.4. The number of pyridine rings is 1. The molecular weight excluding hydrogens is 302 g/mol. The molecule has 6 nitrogen and oxygen atoms in total. The third kappa shape index (κ3) is 3.99. The molecule has 3 heterocycles. The fourth-order valence-electron chi connectivity index (χ4n) is 3.02. The maximum Gasteiger partial charge on any atom is 0.223 e. The number of aromatic nitrogens is 3. The van der Waals surface area contributed by atoms with Gasteiger partial charge in [-0.15, -0.1) is 0 Å². The van der Waals surface area contributed by atoms with Crippen molar-refractivity contribution in [3.63, 3.8) is 0 Å². The van der Waals surface area contributed by atoms with Gasteiger partial charge in [0.25, 0.3) is 0 Å². The van der Waals surface area contributed by atoms with Crippen molar-refractivity contribution in [2.45, 2.75) is 33.1 Å². The van der Waals surface area contributed by atoms with Gasteiger partial charge in [0.05, 0.1) is 0 Å². The smallest absolute Gasteiger partial charge is 0.223 e. The van der Waals surface area contributed by atoms with Gasteiger partial charge in [-0.3, -0.25) is 9.78 Å². The molecule has 1 fully saturated rings. The number of piperidine rings is 1. The van der Waals surface area contributed by atoms with Crippen molar-refractivity contribution >= 4 is 22.9 Å². The van der Waals surface area contributed by atoms with E-state index in [1.54, 1.807) is 12.4 Å². The second-order valence-corrected chi connectivity index (χ2v) is 6.80. The van der Waals surface area contributed by atoms with Gasteiger partial charge in [-0.25, -0.2) is 9.97 Å². The van der Waals surface area contributed by atoms with Crippen LogP contribution in [-0.4, -0.2) is 40.5 Å². The number of carbonyl (C=O) groups excluding carboxylic acids is 1. The number of amides is 1. The van der Waals surface area contributed by atoms with Crippen LogP contribution in [0.25, 0.3) is 11.2 Å². The van der Waals surface area contributed by atoms with E-state index < -0.39 is 0 Å². The lowest BCUT2D eigenvalue weighted by atomic mass is 9.95. The molecule has 3 rings (SSSR count). The Hall–Kier alpha value is -2.24. The van der Waals surface area contributed by atoms with Gasteiger partial charge in [-0.1, -0.05) is 13.8 Å². The highest BCUT2D eigenvalue weighted by Gasteiger charge is 2.25. The Morgan fingerprint density at radius 2 is 2.00 bits per heavy atom. The zero-order chi connectivity index (χ0) is 16.9. The molecule has 2 aromatic heterocycles. The first-order valence-corrected chi connectivity index (χ1v) is 8.74. The van der Waals surface area contributed by atoms with Crippen molar-refractivity contribution < 1.29 is 4.79 Å². The van der Waals surface area contributed by atoms with Gasteiger partial charge in [-0.05, 0) is 37.3 Å². The lowest BCUT2D eigenvalue weighted by Crippen LogP contribution is -2.41. The molecule has 0 aliphatic carbocycles. The first-order chi connectivity index (χ1) is 11.6. The van der Waals surface area contributed by atoms with E-state index in [0.29, 0.717) is 11.6 Å². The number of fused-ring (bicyclic) bond motifs is 1. The second-order valence-electron chi connectivity index (χ2n) is 6.80. The molecule has 1 N–H and O–H groups in total. The molecule has 24 heavy (non-hydrogen) atoms. The molecule has 0 unspecified atom stereocenters. The monoisotopic (exact) mass is 327 g/mol. The molecular formula is C18H25N5O. The first-order valence-electron chi connectivity index (χ1n) is 8.74. The Morgan fingerprint density at radius 3 is 2.75 bits per heavy atom. The van der Waals surface area contributed by atoms with E-state index in [2.05, 4.69) is 39.0 Å². The summed E-state index contributed by atoms with van der Waals surface area (Å²) in [7, 11) is 0. The Kier molecular flexibility index (Phi) is 5.23. The van der Waals surface area contributed by atoms with Gasteiger partial charge in [0.2, 0.25) is 5.91 Å². The summed E-state index contributed by atoms with van der Waals surface area (Å²) in [4.78, 5) is 27.6. The SMILES string of the molecule is CC(C)CCNC(=O)C1CCN(c2ccc3nccnc3n2)CC1. The molecule has 0 radical (unpaired) electrons. The van der Waals surface area contributed by atoms with Crippen LogP contribution in [-0.2, 0) is 4.79 Å². The van der Waals surface area contributed by atoms with E-state index in [9.17, 15) is 4.79 Å². The molecule has 0 spiro atoms. The van der Waals surface area contributed by atoms with E-state index in [1.807, 2.05) is 12.1 Å². The molecule has 1 saturated heterocycles. The van der Waals surface area contributed by atoms with Gasteiger partial charge < -0.3 is 10.2 Å². The Balaban J connectivity index is 1.55. The van der Waals surface area contributed by atoms with Crippen LogP contribution in [0.4, 0.5) is 5.82 Å². The van der Waals surface area contributed by atoms with Crippen molar-refractivity contribution in [2.24, 2.45) is 11.8 Å². The number of rotatable bonds is 5. The summed E-state index contributed by atoms with van der Waals surface area (Å²) < 4.78 is 0. The number of hydrogen-bond acceptors (Lipinski definition) is 5. The summed E-state index contributed by atoms with van der Waals surface area (Å²) in [6.45, 7) is 6.82. The largest absolute Gasteiger partial charge is 0.356 e. The second kappa shape index (κ2) is 7.55. The Labute approximate surface area is 142 Å². The fourth-order valence-corrected chi connectivity index (χ4v) is 3.02. The highest BCUT2D eigenvalue weighted by atomic mass is 16.1. The van der Waals surface area contributed by atoms with Gasteiger partial charge in [-0.2, -0.15) is 0 Å². The van der Waals surface area contributed by atoms with Crippen LogP contribution in [0.5, 0.6) is 0 Å². The molecule has 128 valence electrons. The van der Waals surface area contributed by atoms with Crippen molar-refractivity contribution in [3.8, 4) is 0 Å². The fraction of sp³-hybridized carbons (Fsp3) is 0.556. The number of anilines is 1. The lowest BCUT2D eigenvalue weighted by molar-refractivity contribution is -0.125. The Morgan fingerprint density at radius 1 is 1.25 bits per heavy atom. The third-order valence-corrected chi connectivity index (χ3v) is 4.53. The summed E-state index contributed by atoms with van der Waals surface area (Å²) in [5.74, 6) is 1.86. The normalized spacial score (nSPS) is 15.9. The number of hydrogen-bond donors (Lipinski definition) is 1. The maximum atomic E-state index is 12.2. The Bertz CT molecular complexity index is 695. The highest BCUT2D eigenvalue weighted by molar-refractivity contribution is 5.79. The van der Waals surface area contributed by atoms with Crippen LogP contribution in [0.2, 0.25) is 0 Å². The summed E-state index contributed by atoms with van der Waals surface area (Å²) in [5.41, 5.74) is 1.48. The van der Waals surface area contributed by atoms with Gasteiger partial charge in [0.1, 0.15) is 11.3 Å². The van der Waals surface area contributed by atoms with Crippen molar-refractivity contribution in [1.29, 1.82) is 0 Å². The van der Waals surface area contributed by atoms with Gasteiger partial charge >= 0.3 is 0 Å².